The van der Waals surface area contributed by atoms with Gasteiger partial charge in [0.1, 0.15) is 0 Å². The molecule has 0 aromatic heterocycles. The van der Waals surface area contributed by atoms with Crippen molar-refractivity contribution in [3.8, 4) is 0 Å². The Hall–Kier alpha value is -0.120. The van der Waals surface area contributed by atoms with Gasteiger partial charge in [0.05, 0.1) is 0 Å². The normalized spacial score (nSPS) is 16.6. The van der Waals surface area contributed by atoms with Gasteiger partial charge in [0.25, 0.3) is 0 Å². The lowest BCUT2D eigenvalue weighted by molar-refractivity contribution is 0.0454. The van der Waals surface area contributed by atoms with Crippen molar-refractivity contribution >= 4 is 0 Å². The molecule has 0 aromatic rings. The first kappa shape index (κ1) is 16.9. The molecule has 0 aliphatic rings. The maximum atomic E-state index is 9.02. The van der Waals surface area contributed by atoms with Crippen LogP contribution in [0.25, 0.3) is 0 Å². The molecule has 3 nitrogen and oxygen atoms in total. The summed E-state index contributed by atoms with van der Waals surface area (Å²) >= 11 is 0. The molecule has 2 atom stereocenters. The minimum Gasteiger partial charge on any atom is -0.396 e. The molecule has 0 radical (unpaired) electrons. The maximum absolute atomic E-state index is 9.02. The van der Waals surface area contributed by atoms with E-state index >= 15 is 0 Å². The van der Waals surface area contributed by atoms with E-state index in [1.54, 1.807) is 0 Å². The molecule has 0 saturated heterocycles. The van der Waals surface area contributed by atoms with Crippen LogP contribution in [0.15, 0.2) is 0 Å². The fraction of sp³-hybridized carbons (Fsp3) is 1.00. The van der Waals surface area contributed by atoms with Gasteiger partial charge >= 0.3 is 0 Å². The van der Waals surface area contributed by atoms with Crippen LogP contribution in [-0.4, -0.2) is 41.3 Å². The van der Waals surface area contributed by atoms with E-state index in [1.165, 1.54) is 0 Å². The molecule has 0 aliphatic carbocycles. The first-order valence-corrected chi connectivity index (χ1v) is 6.87. The van der Waals surface area contributed by atoms with Crippen molar-refractivity contribution in [2.45, 2.75) is 72.5 Å². The smallest absolute Gasteiger partial charge is 0.0443 e. The van der Waals surface area contributed by atoms with Crippen molar-refractivity contribution in [3.05, 3.63) is 0 Å². The molecule has 0 aliphatic heterocycles. The van der Waals surface area contributed by atoms with Crippen LogP contribution in [0.2, 0.25) is 0 Å². The van der Waals surface area contributed by atoms with Crippen LogP contribution >= 0.6 is 0 Å². The lowest BCUT2D eigenvalue weighted by Crippen LogP contribution is -2.57. The number of hydrogen-bond acceptors (Lipinski definition) is 3. The molecule has 3 heteroatoms. The second kappa shape index (κ2) is 7.34. The Morgan fingerprint density at radius 1 is 1.24 bits per heavy atom. The second-order valence-electron chi connectivity index (χ2n) is 6.29. The molecule has 104 valence electrons. The molecule has 0 fully saturated rings. The molecule has 0 amide bonds. The van der Waals surface area contributed by atoms with Gasteiger partial charge in [-0.25, -0.2) is 0 Å². The Morgan fingerprint density at radius 3 is 2.06 bits per heavy atom. The van der Waals surface area contributed by atoms with Gasteiger partial charge in [-0.2, -0.15) is 0 Å². The van der Waals surface area contributed by atoms with Gasteiger partial charge in [0, 0.05) is 31.3 Å². The van der Waals surface area contributed by atoms with E-state index < -0.39 is 0 Å². The van der Waals surface area contributed by atoms with Crippen molar-refractivity contribution in [1.29, 1.82) is 0 Å². The van der Waals surface area contributed by atoms with Gasteiger partial charge in [0.15, 0.2) is 0 Å². The van der Waals surface area contributed by atoms with Crippen molar-refractivity contribution in [3.63, 3.8) is 0 Å². The molecular weight excluding hydrogens is 212 g/mol. The van der Waals surface area contributed by atoms with Gasteiger partial charge in [-0.1, -0.05) is 27.7 Å². The number of aliphatic hydroxyl groups is 1. The average molecular weight is 244 g/mol. The molecular formula is C14H32N2O. The predicted octanol–water partition coefficient (Wildman–Crippen LogP) is 2.23. The molecule has 0 rings (SSSR count). The summed E-state index contributed by atoms with van der Waals surface area (Å²) in [5, 5.41) is 9.02. The fourth-order valence-electron chi connectivity index (χ4n) is 2.58. The molecule has 0 aromatic carbocycles. The molecule has 0 bridgehead atoms. The number of nitrogens with zero attached hydrogens (tertiary/aromatic N) is 1. The first-order valence-electron chi connectivity index (χ1n) is 6.87. The van der Waals surface area contributed by atoms with Gasteiger partial charge in [-0.15, -0.1) is 0 Å². The van der Waals surface area contributed by atoms with Crippen LogP contribution in [0.4, 0.5) is 0 Å². The van der Waals surface area contributed by atoms with Crippen LogP contribution in [0.1, 0.15) is 54.4 Å². The highest BCUT2D eigenvalue weighted by Crippen LogP contribution is 2.29. The van der Waals surface area contributed by atoms with Crippen molar-refractivity contribution in [2.24, 2.45) is 11.1 Å². The van der Waals surface area contributed by atoms with Crippen molar-refractivity contribution in [1.82, 2.24) is 4.90 Å². The van der Waals surface area contributed by atoms with E-state index in [0.29, 0.717) is 12.1 Å². The summed E-state index contributed by atoms with van der Waals surface area (Å²) in [4.78, 5) is 2.45. The minimum atomic E-state index is 0.162. The zero-order valence-corrected chi connectivity index (χ0v) is 12.5. The number of hydrogen-bond donors (Lipinski definition) is 2. The van der Waals surface area contributed by atoms with Crippen LogP contribution < -0.4 is 5.73 Å². The van der Waals surface area contributed by atoms with E-state index in [2.05, 4.69) is 46.4 Å². The Labute approximate surface area is 107 Å². The van der Waals surface area contributed by atoms with Crippen molar-refractivity contribution in [2.75, 3.05) is 13.2 Å². The lowest BCUT2D eigenvalue weighted by Gasteiger charge is -2.45. The summed E-state index contributed by atoms with van der Waals surface area (Å²) in [7, 11) is 0. The molecule has 2 unspecified atom stereocenters. The van der Waals surface area contributed by atoms with E-state index in [0.717, 1.165) is 19.4 Å². The van der Waals surface area contributed by atoms with E-state index in [-0.39, 0.29) is 18.1 Å². The van der Waals surface area contributed by atoms with E-state index in [4.69, 9.17) is 10.8 Å². The largest absolute Gasteiger partial charge is 0.396 e. The summed E-state index contributed by atoms with van der Waals surface area (Å²) in [5.74, 6) is 0. The number of nitrogens with two attached hydrogens (primary N) is 1. The summed E-state index contributed by atoms with van der Waals surface area (Å²) < 4.78 is 0. The van der Waals surface area contributed by atoms with Gasteiger partial charge < -0.3 is 10.8 Å². The summed E-state index contributed by atoms with van der Waals surface area (Å²) in [5.41, 5.74) is 6.47. The number of aliphatic hydroxyl groups excluding tert-OH is 1. The topological polar surface area (TPSA) is 49.5 Å². The maximum Gasteiger partial charge on any atom is 0.0443 e. The summed E-state index contributed by atoms with van der Waals surface area (Å²) in [6, 6.07) is 1.01. The van der Waals surface area contributed by atoms with Gasteiger partial charge in [0.2, 0.25) is 0 Å². The summed E-state index contributed by atoms with van der Waals surface area (Å²) in [6.45, 7) is 14.5. The predicted molar refractivity (Wildman–Crippen MR) is 75.1 cm³/mol. The minimum absolute atomic E-state index is 0.162. The monoisotopic (exact) mass is 244 g/mol. The first-order chi connectivity index (χ1) is 7.75. The Balaban J connectivity index is 4.94. The van der Waals surface area contributed by atoms with Crippen LogP contribution in [-0.2, 0) is 0 Å². The van der Waals surface area contributed by atoms with Gasteiger partial charge in [-0.05, 0) is 32.1 Å². The van der Waals surface area contributed by atoms with Crippen LogP contribution in [0.3, 0.4) is 0 Å². The molecule has 3 N–H and O–H groups in total. The highest BCUT2D eigenvalue weighted by molar-refractivity contribution is 4.91. The van der Waals surface area contributed by atoms with Gasteiger partial charge in [-0.3, -0.25) is 4.90 Å². The Morgan fingerprint density at radius 2 is 1.76 bits per heavy atom. The second-order valence-corrected chi connectivity index (χ2v) is 6.29. The zero-order valence-electron chi connectivity index (χ0n) is 12.5. The summed E-state index contributed by atoms with van der Waals surface area (Å²) in [6.07, 6.45) is 1.81. The third kappa shape index (κ3) is 5.36. The fourth-order valence-corrected chi connectivity index (χ4v) is 2.58. The molecule has 0 spiro atoms. The highest BCUT2D eigenvalue weighted by atomic mass is 16.3. The highest BCUT2D eigenvalue weighted by Gasteiger charge is 2.35. The average Bonchev–Trinajstić information content (AvgIpc) is 2.20. The SMILES string of the molecule is CCC(N)C(N(CCCO)C(C)C)C(C)(C)C. The van der Waals surface area contributed by atoms with E-state index in [9.17, 15) is 0 Å². The molecule has 0 heterocycles. The Bertz CT molecular complexity index is 199. The standard InChI is InChI=1S/C14H32N2O/c1-7-12(15)13(14(4,5)6)16(11(2)3)9-8-10-17/h11-13,17H,7-10,15H2,1-6H3. The number of rotatable bonds is 7. The van der Waals surface area contributed by atoms with E-state index in [1.807, 2.05) is 0 Å². The molecule has 17 heavy (non-hydrogen) atoms. The quantitative estimate of drug-likeness (QED) is 0.722. The van der Waals surface area contributed by atoms with Crippen LogP contribution in [0.5, 0.6) is 0 Å². The zero-order chi connectivity index (χ0) is 13.6. The third-order valence-corrected chi connectivity index (χ3v) is 3.36. The third-order valence-electron chi connectivity index (χ3n) is 3.36. The Kier molecular flexibility index (Phi) is 7.29. The lowest BCUT2D eigenvalue weighted by atomic mass is 9.80. The molecule has 0 saturated carbocycles. The van der Waals surface area contributed by atoms with Crippen LogP contribution in [0, 0.1) is 5.41 Å². The van der Waals surface area contributed by atoms with Crippen molar-refractivity contribution < 1.29 is 5.11 Å².